The molecule has 251 valence electrons. The Bertz CT molecular complexity index is 1960. The maximum Gasteiger partial charge on any atom is 0.261 e. The summed E-state index contributed by atoms with van der Waals surface area (Å²) in [5.74, 6) is -0.203. The average Bonchev–Trinajstić information content (AvgIpc) is 3.44. The van der Waals surface area contributed by atoms with E-state index in [1.54, 1.807) is 36.7 Å². The van der Waals surface area contributed by atoms with Gasteiger partial charge in [0.2, 0.25) is 5.43 Å². The fraction of sp³-hybridized carbons (Fsp3) is 0.333. The summed E-state index contributed by atoms with van der Waals surface area (Å²) >= 11 is 0. The second-order valence-electron chi connectivity index (χ2n) is 13.5. The Labute approximate surface area is 279 Å². The van der Waals surface area contributed by atoms with Crippen LogP contribution in [0.25, 0.3) is 33.3 Å². The number of nitrogens with one attached hydrogen (secondary N) is 1. The lowest BCUT2D eigenvalue weighted by Gasteiger charge is -2.26. The summed E-state index contributed by atoms with van der Waals surface area (Å²) in [5, 5.41) is 3.62. The quantitative estimate of drug-likeness (QED) is 0.119. The highest BCUT2D eigenvalue weighted by molar-refractivity contribution is 6.76. The van der Waals surface area contributed by atoms with E-state index in [2.05, 4.69) is 34.9 Å². The van der Waals surface area contributed by atoms with Crippen LogP contribution in [-0.4, -0.2) is 52.9 Å². The van der Waals surface area contributed by atoms with Crippen LogP contribution in [0.2, 0.25) is 25.7 Å². The minimum absolute atomic E-state index is 0.00933. The van der Waals surface area contributed by atoms with Gasteiger partial charge in [-0.25, -0.2) is 14.4 Å². The molecule has 1 saturated heterocycles. The van der Waals surface area contributed by atoms with Crippen molar-refractivity contribution in [3.63, 3.8) is 0 Å². The predicted octanol–water partition coefficient (Wildman–Crippen LogP) is 6.64. The van der Waals surface area contributed by atoms with Crippen molar-refractivity contribution in [2.45, 2.75) is 51.8 Å². The maximum atomic E-state index is 13.7. The van der Waals surface area contributed by atoms with Crippen LogP contribution < -0.4 is 16.5 Å². The number of amides is 1. The third-order valence-electron chi connectivity index (χ3n) is 8.65. The SMILES string of the molecule is C[Si-](C)(C)CCOCn1cc(-c2ccc(NC(=O)c3cn(CC4CCOCC4)cc(-c4ccc(F)cc4)c3=O)cc2)c2c(N)ncnc21. The number of hydrogen-bond acceptors (Lipinski definition) is 7. The van der Waals surface area contributed by atoms with Crippen LogP contribution in [0.1, 0.15) is 23.2 Å². The molecule has 0 unspecified atom stereocenters. The second-order valence-corrected chi connectivity index (χ2v) is 19.1. The fourth-order valence-corrected chi connectivity index (χ4v) is 6.65. The summed E-state index contributed by atoms with van der Waals surface area (Å²) in [6.07, 6.45) is 8.56. The van der Waals surface area contributed by atoms with Gasteiger partial charge in [0.15, 0.2) is 0 Å². The molecule has 2 aromatic carbocycles. The smallest absolute Gasteiger partial charge is 0.261 e. The number of halogens is 1. The van der Waals surface area contributed by atoms with Crippen LogP contribution in [0.4, 0.5) is 15.9 Å². The predicted molar refractivity (Wildman–Crippen MR) is 189 cm³/mol. The van der Waals surface area contributed by atoms with Crippen molar-refractivity contribution in [3.8, 4) is 22.3 Å². The third kappa shape index (κ3) is 7.72. The zero-order valence-corrected chi connectivity index (χ0v) is 28.5. The Balaban J connectivity index is 1.25. The average molecular weight is 669 g/mol. The molecule has 4 heterocycles. The summed E-state index contributed by atoms with van der Waals surface area (Å²) in [4.78, 5) is 36.0. The molecule has 5 aromatic rings. The van der Waals surface area contributed by atoms with Gasteiger partial charge in [-0.15, -0.1) is 14.1 Å². The number of nitrogen functional groups attached to an aromatic ring is 1. The number of aromatic nitrogens is 4. The number of ether oxygens (including phenoxy) is 2. The van der Waals surface area contributed by atoms with E-state index in [0.717, 1.165) is 35.4 Å². The van der Waals surface area contributed by atoms with E-state index in [1.807, 2.05) is 27.5 Å². The van der Waals surface area contributed by atoms with Gasteiger partial charge in [0.25, 0.3) is 5.91 Å². The number of rotatable bonds is 11. The fourth-order valence-electron chi connectivity index (χ4n) is 5.90. The summed E-state index contributed by atoms with van der Waals surface area (Å²) in [6, 6.07) is 14.1. The highest BCUT2D eigenvalue weighted by atomic mass is 28.3. The summed E-state index contributed by atoms with van der Waals surface area (Å²) in [7, 11) is -1.23. The van der Waals surface area contributed by atoms with Crippen LogP contribution in [0, 0.1) is 11.7 Å². The Morgan fingerprint density at radius 1 is 1.00 bits per heavy atom. The molecule has 0 saturated carbocycles. The maximum absolute atomic E-state index is 13.7. The van der Waals surface area contributed by atoms with E-state index in [4.69, 9.17) is 15.2 Å². The molecule has 0 aliphatic carbocycles. The number of nitrogens with zero attached hydrogens (tertiary/aromatic N) is 4. The summed E-state index contributed by atoms with van der Waals surface area (Å²) in [6.45, 7) is 9.97. The molecular formula is C36H41FN6O4Si-. The van der Waals surface area contributed by atoms with E-state index in [0.29, 0.717) is 67.3 Å². The Kier molecular flexibility index (Phi) is 9.85. The van der Waals surface area contributed by atoms with Crippen molar-refractivity contribution < 1.29 is 18.7 Å². The monoisotopic (exact) mass is 668 g/mol. The number of nitrogens with two attached hydrogens (primary N) is 1. The van der Waals surface area contributed by atoms with Crippen LogP contribution in [0.5, 0.6) is 0 Å². The van der Waals surface area contributed by atoms with Gasteiger partial charge in [-0.2, -0.15) is 19.6 Å². The van der Waals surface area contributed by atoms with Gasteiger partial charge in [0, 0.05) is 61.8 Å². The van der Waals surface area contributed by atoms with E-state index in [-0.39, 0.29) is 5.56 Å². The molecule has 0 atom stereocenters. The topological polar surface area (TPSA) is 126 Å². The highest BCUT2D eigenvalue weighted by Crippen LogP contribution is 2.33. The van der Waals surface area contributed by atoms with Crippen LogP contribution in [-0.2, 0) is 22.7 Å². The summed E-state index contributed by atoms with van der Waals surface area (Å²) in [5.41, 5.74) is 9.69. The zero-order chi connectivity index (χ0) is 33.8. The lowest BCUT2D eigenvalue weighted by Crippen LogP contribution is -2.26. The van der Waals surface area contributed by atoms with Crippen molar-refractivity contribution in [1.82, 2.24) is 19.1 Å². The first-order chi connectivity index (χ1) is 23.1. The number of pyridine rings is 1. The first kappa shape index (κ1) is 33.3. The van der Waals surface area contributed by atoms with Gasteiger partial charge in [-0.3, -0.25) is 9.59 Å². The van der Waals surface area contributed by atoms with Crippen LogP contribution in [0.3, 0.4) is 0 Å². The molecule has 0 radical (unpaired) electrons. The van der Waals surface area contributed by atoms with Gasteiger partial charge in [-0.1, -0.05) is 24.3 Å². The number of fused-ring (bicyclic) bond motifs is 1. The van der Waals surface area contributed by atoms with Crippen LogP contribution in [0.15, 0.2) is 78.2 Å². The lowest BCUT2D eigenvalue weighted by molar-refractivity contribution is 0.0612. The molecule has 12 heteroatoms. The standard InChI is InChI=1S/C36H41FN6O4Si/c1-48(2,3)17-16-47-23-43-21-29(32-34(38)39-22-40-35(32)43)25-6-10-28(11-7-25)41-36(45)31-20-42(18-24-12-14-46-15-13-24)19-30(33(31)44)26-4-8-27(37)9-5-26/h4-11,19-22,24H,12-18,23H2,1-3H3,(H,41,45)(H2,38,39,40)/q-1. The third-order valence-corrected chi connectivity index (χ3v) is 10.4. The molecule has 6 rings (SSSR count). The Hall–Kier alpha value is -4.65. The zero-order valence-electron chi connectivity index (χ0n) is 27.5. The number of anilines is 2. The van der Waals surface area contributed by atoms with Crippen molar-refractivity contribution >= 4 is 36.5 Å². The molecule has 3 N–H and O–H groups in total. The van der Waals surface area contributed by atoms with E-state index in [1.165, 1.54) is 18.5 Å². The molecule has 0 spiro atoms. The van der Waals surface area contributed by atoms with Crippen LogP contribution >= 0.6 is 0 Å². The molecule has 1 fully saturated rings. The van der Waals surface area contributed by atoms with Crippen molar-refractivity contribution in [2.75, 3.05) is 30.9 Å². The van der Waals surface area contributed by atoms with Crippen molar-refractivity contribution in [1.29, 1.82) is 0 Å². The number of carbonyl (C=O) groups is 1. The first-order valence-electron chi connectivity index (χ1n) is 16.2. The molecule has 3 aromatic heterocycles. The molecule has 10 nitrogen and oxygen atoms in total. The van der Waals surface area contributed by atoms with E-state index in [9.17, 15) is 14.0 Å². The Morgan fingerprint density at radius 2 is 1.69 bits per heavy atom. The van der Waals surface area contributed by atoms with Gasteiger partial charge < -0.3 is 29.7 Å². The number of hydrogen-bond donors (Lipinski definition) is 2. The first-order valence-corrected chi connectivity index (χ1v) is 19.9. The summed E-state index contributed by atoms with van der Waals surface area (Å²) < 4.78 is 29.0. The molecule has 1 aliphatic rings. The Morgan fingerprint density at radius 3 is 2.40 bits per heavy atom. The molecule has 0 bridgehead atoms. The van der Waals surface area contributed by atoms with E-state index < -0.39 is 25.2 Å². The lowest BCUT2D eigenvalue weighted by atomic mass is 9.99. The van der Waals surface area contributed by atoms with E-state index >= 15 is 0 Å². The molecular weight excluding hydrogens is 628 g/mol. The second kappa shape index (κ2) is 14.2. The van der Waals surface area contributed by atoms with Gasteiger partial charge in [0.1, 0.15) is 35.9 Å². The van der Waals surface area contributed by atoms with Gasteiger partial charge in [-0.05, 0) is 54.2 Å². The van der Waals surface area contributed by atoms with Crippen molar-refractivity contribution in [3.05, 3.63) is 95.1 Å². The van der Waals surface area contributed by atoms with Gasteiger partial charge in [0.05, 0.1) is 5.39 Å². The number of carbonyl (C=O) groups excluding carboxylic acids is 1. The normalized spacial score (nSPS) is 14.0. The molecule has 1 amide bonds. The molecule has 1 aliphatic heterocycles. The number of benzene rings is 2. The minimum Gasteiger partial charge on any atom is -0.383 e. The van der Waals surface area contributed by atoms with Gasteiger partial charge >= 0.3 is 0 Å². The highest BCUT2D eigenvalue weighted by Gasteiger charge is 2.20. The minimum atomic E-state index is -1.23. The molecule has 48 heavy (non-hydrogen) atoms. The largest absolute Gasteiger partial charge is 0.383 e. The van der Waals surface area contributed by atoms with Crippen molar-refractivity contribution in [2.24, 2.45) is 5.92 Å².